The summed E-state index contributed by atoms with van der Waals surface area (Å²) in [7, 11) is 0. The van der Waals surface area contributed by atoms with Gasteiger partial charge in [0.15, 0.2) is 0 Å². The highest BCUT2D eigenvalue weighted by atomic mass is 19.1. The van der Waals surface area contributed by atoms with Gasteiger partial charge in [-0.1, -0.05) is 0 Å². The largest absolute Gasteiger partial charge is 0.481 e. The molecule has 0 aromatic heterocycles. The molecule has 1 saturated heterocycles. The molecule has 1 atom stereocenters. The lowest BCUT2D eigenvalue weighted by molar-refractivity contribution is -0.137. The summed E-state index contributed by atoms with van der Waals surface area (Å²) in [5.41, 5.74) is 0.633. The highest BCUT2D eigenvalue weighted by molar-refractivity contribution is 5.95. The number of nitrogens with zero attached hydrogens (tertiary/aromatic N) is 1. The molecule has 1 aliphatic rings. The Morgan fingerprint density at radius 2 is 2.11 bits per heavy atom. The molecule has 2 N–H and O–H groups in total. The van der Waals surface area contributed by atoms with E-state index in [-0.39, 0.29) is 30.7 Å². The first-order valence-corrected chi connectivity index (χ1v) is 6.07. The van der Waals surface area contributed by atoms with Crippen LogP contribution in [0.4, 0.5) is 10.1 Å². The Morgan fingerprint density at radius 3 is 2.74 bits per heavy atom. The van der Waals surface area contributed by atoms with E-state index in [0.717, 1.165) is 0 Å². The maximum absolute atomic E-state index is 12.9. The molecule has 0 spiro atoms. The number of anilines is 1. The number of nitrogens with one attached hydrogen (secondary N) is 1. The van der Waals surface area contributed by atoms with Gasteiger partial charge in [0.1, 0.15) is 5.82 Å². The minimum absolute atomic E-state index is 0.0566. The lowest BCUT2D eigenvalue weighted by Gasteiger charge is -2.33. The summed E-state index contributed by atoms with van der Waals surface area (Å²) in [5, 5.41) is 11.7. The van der Waals surface area contributed by atoms with Crippen molar-refractivity contribution in [3.63, 3.8) is 0 Å². The average Bonchev–Trinajstić information content (AvgIpc) is 2.39. The third-order valence-corrected chi connectivity index (χ3v) is 3.09. The molecule has 1 aromatic carbocycles. The minimum atomic E-state index is -0.855. The zero-order valence-corrected chi connectivity index (χ0v) is 10.3. The molecular weight excluding hydrogens is 251 g/mol. The van der Waals surface area contributed by atoms with E-state index in [1.807, 2.05) is 0 Å². The summed E-state index contributed by atoms with van der Waals surface area (Å²) >= 11 is 0. The third-order valence-electron chi connectivity index (χ3n) is 3.09. The van der Waals surface area contributed by atoms with E-state index in [4.69, 9.17) is 5.11 Å². The van der Waals surface area contributed by atoms with Crippen molar-refractivity contribution in [3.05, 3.63) is 30.1 Å². The molecule has 1 fully saturated rings. The second kappa shape index (κ2) is 5.79. The van der Waals surface area contributed by atoms with Crippen molar-refractivity contribution < 1.29 is 19.1 Å². The Morgan fingerprint density at radius 1 is 1.42 bits per heavy atom. The van der Waals surface area contributed by atoms with Crippen molar-refractivity contribution in [3.8, 4) is 0 Å². The van der Waals surface area contributed by atoms with E-state index in [1.165, 1.54) is 12.1 Å². The second-order valence-corrected chi connectivity index (χ2v) is 4.49. The zero-order chi connectivity index (χ0) is 13.8. The molecule has 1 amide bonds. The summed E-state index contributed by atoms with van der Waals surface area (Å²) in [6.45, 7) is 0.569. The number of hydrogen-bond donors (Lipinski definition) is 2. The standard InChI is InChI=1S/C13H15FN2O3/c14-9-1-4-11(5-2-9)16-8-10(3-6-13(18)19)15-7-12(16)17/h1-2,4-5,10,15H,3,6-8H2,(H,18,19). The van der Waals surface area contributed by atoms with Crippen LogP contribution in [0.15, 0.2) is 24.3 Å². The van der Waals surface area contributed by atoms with Gasteiger partial charge < -0.3 is 15.3 Å². The quantitative estimate of drug-likeness (QED) is 0.853. The summed E-state index contributed by atoms with van der Waals surface area (Å²) in [4.78, 5) is 23.9. The van der Waals surface area contributed by atoms with Crippen LogP contribution in [-0.4, -0.2) is 36.1 Å². The number of carbonyl (C=O) groups excluding carboxylic acids is 1. The van der Waals surface area contributed by atoms with Gasteiger partial charge in [-0.05, 0) is 30.7 Å². The highest BCUT2D eigenvalue weighted by Gasteiger charge is 2.26. The fourth-order valence-electron chi connectivity index (χ4n) is 2.08. The average molecular weight is 266 g/mol. The van der Waals surface area contributed by atoms with E-state index in [1.54, 1.807) is 17.0 Å². The first-order valence-electron chi connectivity index (χ1n) is 6.07. The van der Waals surface area contributed by atoms with Gasteiger partial charge in [-0.3, -0.25) is 9.59 Å². The first-order chi connectivity index (χ1) is 9.06. The van der Waals surface area contributed by atoms with Crippen LogP contribution in [0, 0.1) is 5.82 Å². The Labute approximate surface area is 110 Å². The maximum atomic E-state index is 12.9. The van der Waals surface area contributed by atoms with Gasteiger partial charge in [-0.25, -0.2) is 4.39 Å². The third kappa shape index (κ3) is 3.51. The highest BCUT2D eigenvalue weighted by Crippen LogP contribution is 2.18. The molecule has 1 unspecified atom stereocenters. The van der Waals surface area contributed by atoms with Crippen LogP contribution in [0.2, 0.25) is 0 Å². The Balaban J connectivity index is 2.04. The summed E-state index contributed by atoms with van der Waals surface area (Å²) in [6.07, 6.45) is 0.517. The first kappa shape index (κ1) is 13.5. The Bertz CT molecular complexity index is 475. The Hall–Kier alpha value is -1.95. The summed E-state index contributed by atoms with van der Waals surface area (Å²) in [6, 6.07) is 5.65. The molecule has 6 heteroatoms. The molecule has 5 nitrogen and oxygen atoms in total. The van der Waals surface area contributed by atoms with Gasteiger partial charge in [-0.15, -0.1) is 0 Å². The zero-order valence-electron chi connectivity index (χ0n) is 10.3. The molecule has 0 saturated carbocycles. The fourth-order valence-corrected chi connectivity index (χ4v) is 2.08. The van der Waals surface area contributed by atoms with E-state index in [0.29, 0.717) is 18.7 Å². The minimum Gasteiger partial charge on any atom is -0.481 e. The number of hydrogen-bond acceptors (Lipinski definition) is 3. The van der Waals surface area contributed by atoms with E-state index in [2.05, 4.69) is 5.32 Å². The molecule has 19 heavy (non-hydrogen) atoms. The number of carbonyl (C=O) groups is 2. The van der Waals surface area contributed by atoms with Crippen LogP contribution in [0.5, 0.6) is 0 Å². The number of piperazine rings is 1. The van der Waals surface area contributed by atoms with Crippen LogP contribution < -0.4 is 10.2 Å². The normalized spacial score (nSPS) is 19.5. The van der Waals surface area contributed by atoms with Crippen LogP contribution in [0.25, 0.3) is 0 Å². The molecule has 1 heterocycles. The van der Waals surface area contributed by atoms with Crippen LogP contribution >= 0.6 is 0 Å². The molecule has 1 aliphatic heterocycles. The van der Waals surface area contributed by atoms with Crippen molar-refractivity contribution in [1.29, 1.82) is 0 Å². The molecule has 0 radical (unpaired) electrons. The maximum Gasteiger partial charge on any atom is 0.303 e. The SMILES string of the molecule is O=C(O)CCC1CN(c2ccc(F)cc2)C(=O)CN1. The Kier molecular flexibility index (Phi) is 4.11. The van der Waals surface area contributed by atoms with Gasteiger partial charge >= 0.3 is 5.97 Å². The molecule has 102 valence electrons. The number of rotatable bonds is 4. The number of carboxylic acid groups (broad SMARTS) is 1. The number of aliphatic carboxylic acids is 1. The number of amides is 1. The second-order valence-electron chi connectivity index (χ2n) is 4.49. The van der Waals surface area contributed by atoms with Gasteiger partial charge in [0.05, 0.1) is 6.54 Å². The number of benzene rings is 1. The smallest absolute Gasteiger partial charge is 0.303 e. The molecular formula is C13H15FN2O3. The molecule has 0 bridgehead atoms. The summed E-state index contributed by atoms with van der Waals surface area (Å²) in [5.74, 6) is -1.31. The van der Waals surface area contributed by atoms with Crippen LogP contribution in [0.1, 0.15) is 12.8 Å². The van der Waals surface area contributed by atoms with Crippen molar-refractivity contribution >= 4 is 17.6 Å². The van der Waals surface area contributed by atoms with E-state index >= 15 is 0 Å². The summed E-state index contributed by atoms with van der Waals surface area (Å²) < 4.78 is 12.9. The van der Waals surface area contributed by atoms with Gasteiger partial charge in [0, 0.05) is 24.7 Å². The monoisotopic (exact) mass is 266 g/mol. The van der Waals surface area contributed by atoms with E-state index < -0.39 is 5.97 Å². The fraction of sp³-hybridized carbons (Fsp3) is 0.385. The number of halogens is 1. The molecule has 1 aromatic rings. The van der Waals surface area contributed by atoms with Crippen molar-refractivity contribution in [2.45, 2.75) is 18.9 Å². The predicted molar refractivity (Wildman–Crippen MR) is 67.4 cm³/mol. The molecule has 2 rings (SSSR count). The van der Waals surface area contributed by atoms with Crippen LogP contribution in [-0.2, 0) is 9.59 Å². The number of carboxylic acids is 1. The topological polar surface area (TPSA) is 69.6 Å². The van der Waals surface area contributed by atoms with Gasteiger partial charge in [0.2, 0.25) is 5.91 Å². The lowest BCUT2D eigenvalue weighted by atomic mass is 10.1. The molecule has 0 aliphatic carbocycles. The van der Waals surface area contributed by atoms with E-state index in [9.17, 15) is 14.0 Å². The lowest BCUT2D eigenvalue weighted by Crippen LogP contribution is -2.54. The van der Waals surface area contributed by atoms with Crippen LogP contribution in [0.3, 0.4) is 0 Å². The van der Waals surface area contributed by atoms with Gasteiger partial charge in [0.25, 0.3) is 0 Å². The van der Waals surface area contributed by atoms with Crippen molar-refractivity contribution in [2.24, 2.45) is 0 Å². The van der Waals surface area contributed by atoms with Crippen molar-refractivity contribution in [1.82, 2.24) is 5.32 Å². The van der Waals surface area contributed by atoms with Gasteiger partial charge in [-0.2, -0.15) is 0 Å². The van der Waals surface area contributed by atoms with Crippen molar-refractivity contribution in [2.75, 3.05) is 18.0 Å². The predicted octanol–water partition coefficient (Wildman–Crippen LogP) is 0.995.